The van der Waals surface area contributed by atoms with Gasteiger partial charge in [-0.3, -0.25) is 0 Å². The van der Waals surface area contributed by atoms with Crippen molar-refractivity contribution in [1.82, 2.24) is 0 Å². The van der Waals surface area contributed by atoms with Crippen LogP contribution in [0.15, 0.2) is 48.5 Å². The Balaban J connectivity index is 2.51. The Bertz CT molecular complexity index is 641. The highest BCUT2D eigenvalue weighted by molar-refractivity contribution is 5.34. The van der Waals surface area contributed by atoms with Crippen LogP contribution in [0, 0.1) is 0 Å². The maximum absolute atomic E-state index is 9.51. The molecule has 0 heterocycles. The molecule has 0 saturated heterocycles. The zero-order valence-corrected chi connectivity index (χ0v) is 11.1. The summed E-state index contributed by atoms with van der Waals surface area (Å²) in [5, 5.41) is 19.0. The lowest BCUT2D eigenvalue weighted by molar-refractivity contribution is 0.470. The molecule has 2 rings (SSSR count). The minimum absolute atomic E-state index is 0.0541. The van der Waals surface area contributed by atoms with Crippen molar-refractivity contribution in [2.24, 2.45) is 0 Å². The van der Waals surface area contributed by atoms with Gasteiger partial charge in [-0.15, -0.1) is 0 Å². The van der Waals surface area contributed by atoms with Gasteiger partial charge in [-0.2, -0.15) is 0 Å². The summed E-state index contributed by atoms with van der Waals surface area (Å²) >= 11 is 0. The average molecular weight is 276 g/mol. The van der Waals surface area contributed by atoms with E-state index in [1.54, 1.807) is 24.3 Å². The molecule has 2 nitrogen and oxygen atoms in total. The second-order valence-corrected chi connectivity index (χ2v) is 4.80. The highest BCUT2D eigenvalue weighted by Gasteiger charge is 2.21. The molecule has 106 valence electrons. The second-order valence-electron chi connectivity index (χ2n) is 4.80. The Morgan fingerprint density at radius 1 is 0.750 bits per heavy atom. The molecule has 2 N–H and O–H groups in total. The van der Waals surface area contributed by atoms with E-state index in [0.717, 1.165) is 0 Å². The lowest BCUT2D eigenvalue weighted by Crippen LogP contribution is -2.10. The van der Waals surface area contributed by atoms with Crippen molar-refractivity contribution in [1.29, 1.82) is 0 Å². The quantitative estimate of drug-likeness (QED) is 0.824. The molecule has 0 saturated carbocycles. The summed E-state index contributed by atoms with van der Waals surface area (Å²) in [6, 6.07) is 12.3. The number of phenolic OH excluding ortho intramolecular Hbond substituents is 2. The van der Waals surface area contributed by atoms with Crippen LogP contribution in [0.4, 0.5) is 0 Å². The predicted molar refractivity (Wildman–Crippen MR) is 82.3 cm³/mol. The third-order valence-electron chi connectivity index (χ3n) is 3.57. The molecule has 2 heteroatoms. The van der Waals surface area contributed by atoms with Gasteiger partial charge in [-0.1, -0.05) is 38.0 Å². The van der Waals surface area contributed by atoms with Crippen LogP contribution >= 0.6 is 0 Å². The summed E-state index contributed by atoms with van der Waals surface area (Å²) in [5.41, 5.74) is 1.31. The Labute approximate surface area is 129 Å². The first kappa shape index (κ1) is 8.35. The summed E-state index contributed by atoms with van der Waals surface area (Å²) in [7, 11) is 0. The fraction of sp³-hybridized carbons (Fsp3) is 0.333. The highest BCUT2D eigenvalue weighted by Crippen LogP contribution is 2.38. The van der Waals surface area contributed by atoms with Crippen molar-refractivity contribution in [3.63, 3.8) is 0 Å². The largest absolute Gasteiger partial charge is 0.508 e. The molecule has 0 unspecified atom stereocenters. The third-order valence-corrected chi connectivity index (χ3v) is 3.57. The zero-order valence-electron chi connectivity index (χ0n) is 17.1. The van der Waals surface area contributed by atoms with Gasteiger partial charge >= 0.3 is 0 Å². The van der Waals surface area contributed by atoms with Crippen molar-refractivity contribution in [2.45, 2.75) is 38.4 Å². The molecule has 0 aliphatic rings. The SMILES string of the molecule is [2H]C([2H])([2H])C[C@H](c1ccc(O)cc1)[C@@H](CC([2H])([2H])[2H])c1ccc(O)cc1. The van der Waals surface area contributed by atoms with Crippen molar-refractivity contribution in [2.75, 3.05) is 0 Å². The van der Waals surface area contributed by atoms with Crippen LogP contribution in [0.2, 0.25) is 0 Å². The highest BCUT2D eigenvalue weighted by atomic mass is 16.3. The molecule has 0 fully saturated rings. The Kier molecular flexibility index (Phi) is 2.70. The summed E-state index contributed by atoms with van der Waals surface area (Å²) in [5.74, 6) is -1.04. The fourth-order valence-electron chi connectivity index (χ4n) is 2.43. The van der Waals surface area contributed by atoms with E-state index in [1.165, 1.54) is 24.3 Å². The standard InChI is InChI=1S/C18H22O2/c1-3-17(13-5-9-15(19)10-6-13)18(4-2)14-7-11-16(20)12-8-14/h5-12,17-20H,3-4H2,1-2H3/t17-,18+/i1D3,2D3. The predicted octanol–water partition coefficient (Wildman–Crippen LogP) is 4.79. The van der Waals surface area contributed by atoms with Gasteiger partial charge < -0.3 is 10.2 Å². The summed E-state index contributed by atoms with van der Waals surface area (Å²) in [6.07, 6.45) is -0.390. The third kappa shape index (κ3) is 3.13. The van der Waals surface area contributed by atoms with E-state index in [1.807, 2.05) is 0 Å². The van der Waals surface area contributed by atoms with E-state index < -0.39 is 25.5 Å². The van der Waals surface area contributed by atoms with Crippen LogP contribution in [0.1, 0.15) is 57.7 Å². The monoisotopic (exact) mass is 276 g/mol. The van der Waals surface area contributed by atoms with E-state index in [4.69, 9.17) is 8.22 Å². The number of phenols is 2. The lowest BCUT2D eigenvalue weighted by atomic mass is 9.78. The molecule has 2 aromatic rings. The van der Waals surface area contributed by atoms with Crippen molar-refractivity contribution >= 4 is 0 Å². The fourth-order valence-corrected chi connectivity index (χ4v) is 2.43. The van der Waals surface area contributed by atoms with Crippen LogP contribution in [0.5, 0.6) is 11.5 Å². The van der Waals surface area contributed by atoms with Crippen LogP contribution in [0.3, 0.4) is 0 Å². The average Bonchev–Trinajstić information content (AvgIpc) is 2.51. The van der Waals surface area contributed by atoms with Crippen molar-refractivity contribution in [3.05, 3.63) is 59.7 Å². The minimum Gasteiger partial charge on any atom is -0.508 e. The molecule has 0 aromatic heterocycles. The zero-order chi connectivity index (χ0) is 19.5. The van der Waals surface area contributed by atoms with Crippen molar-refractivity contribution < 1.29 is 18.4 Å². The number of benzene rings is 2. The van der Waals surface area contributed by atoms with Gasteiger partial charge in [0.15, 0.2) is 0 Å². The van der Waals surface area contributed by atoms with Gasteiger partial charge in [-0.05, 0) is 60.1 Å². The molecule has 0 bridgehead atoms. The van der Waals surface area contributed by atoms with Gasteiger partial charge in [0, 0.05) is 8.22 Å². The van der Waals surface area contributed by atoms with Gasteiger partial charge in [0.05, 0.1) is 0 Å². The first-order chi connectivity index (χ1) is 11.9. The summed E-state index contributed by atoms with van der Waals surface area (Å²) < 4.78 is 46.1. The minimum atomic E-state index is -2.24. The summed E-state index contributed by atoms with van der Waals surface area (Å²) in [4.78, 5) is 0. The van der Waals surface area contributed by atoms with E-state index in [-0.39, 0.29) is 24.3 Å². The maximum atomic E-state index is 9.51. The molecule has 0 spiro atoms. The Morgan fingerprint density at radius 2 is 1.10 bits per heavy atom. The molecule has 0 radical (unpaired) electrons. The Morgan fingerprint density at radius 3 is 1.40 bits per heavy atom. The molecule has 2 aromatic carbocycles. The molecular formula is C18H22O2. The topological polar surface area (TPSA) is 40.5 Å². The molecule has 0 aliphatic carbocycles. The number of aromatic hydroxyl groups is 2. The molecule has 20 heavy (non-hydrogen) atoms. The molecular weight excluding hydrogens is 248 g/mol. The van der Waals surface area contributed by atoms with E-state index >= 15 is 0 Å². The van der Waals surface area contributed by atoms with E-state index in [9.17, 15) is 10.2 Å². The molecule has 2 atom stereocenters. The van der Waals surface area contributed by atoms with E-state index in [2.05, 4.69) is 0 Å². The molecule has 0 amide bonds. The maximum Gasteiger partial charge on any atom is 0.115 e. The van der Waals surface area contributed by atoms with Crippen LogP contribution in [-0.4, -0.2) is 10.2 Å². The normalized spacial score (nSPS) is 19.6. The lowest BCUT2D eigenvalue weighted by Gasteiger charge is -2.26. The van der Waals surface area contributed by atoms with Gasteiger partial charge in [-0.25, -0.2) is 0 Å². The van der Waals surface area contributed by atoms with Gasteiger partial charge in [0.2, 0.25) is 0 Å². The van der Waals surface area contributed by atoms with Gasteiger partial charge in [0.1, 0.15) is 11.5 Å². The van der Waals surface area contributed by atoms with Crippen LogP contribution in [-0.2, 0) is 0 Å². The first-order valence-corrected chi connectivity index (χ1v) is 6.52. The van der Waals surface area contributed by atoms with E-state index in [0.29, 0.717) is 11.1 Å². The number of hydrogen-bond acceptors (Lipinski definition) is 2. The molecule has 0 aliphatic heterocycles. The van der Waals surface area contributed by atoms with Crippen LogP contribution < -0.4 is 0 Å². The number of rotatable bonds is 5. The Hall–Kier alpha value is -1.96. The van der Waals surface area contributed by atoms with Gasteiger partial charge in [0.25, 0.3) is 0 Å². The number of hydrogen-bond donors (Lipinski definition) is 2. The summed E-state index contributed by atoms with van der Waals surface area (Å²) in [6.45, 7) is -4.49. The first-order valence-electron chi connectivity index (χ1n) is 9.52. The van der Waals surface area contributed by atoms with Crippen LogP contribution in [0.25, 0.3) is 0 Å². The smallest absolute Gasteiger partial charge is 0.115 e. The van der Waals surface area contributed by atoms with Crippen molar-refractivity contribution in [3.8, 4) is 11.5 Å². The second kappa shape index (κ2) is 6.47.